The van der Waals surface area contributed by atoms with E-state index >= 15 is 0 Å². The fraction of sp³-hybridized carbons (Fsp3) is 0.533. The first-order valence-electron chi connectivity index (χ1n) is 6.85. The van der Waals surface area contributed by atoms with Gasteiger partial charge in [-0.1, -0.05) is 23.7 Å². The number of halogens is 1. The van der Waals surface area contributed by atoms with Crippen molar-refractivity contribution in [2.75, 3.05) is 13.2 Å². The second-order valence-electron chi connectivity index (χ2n) is 5.51. The van der Waals surface area contributed by atoms with Crippen molar-refractivity contribution in [2.45, 2.75) is 37.2 Å². The molecule has 2 aliphatic rings. The quantitative estimate of drug-likeness (QED) is 0.920. The summed E-state index contributed by atoms with van der Waals surface area (Å²) in [5, 5.41) is 3.80. The van der Waals surface area contributed by atoms with E-state index in [2.05, 4.69) is 11.4 Å². The summed E-state index contributed by atoms with van der Waals surface area (Å²) in [6.45, 7) is 1.39. The van der Waals surface area contributed by atoms with E-state index in [1.807, 2.05) is 18.2 Å². The van der Waals surface area contributed by atoms with Crippen molar-refractivity contribution in [3.8, 4) is 0 Å². The molecule has 1 amide bonds. The molecule has 0 spiro atoms. The molecule has 1 heterocycles. The lowest BCUT2D eigenvalue weighted by Crippen LogP contribution is -2.38. The topological polar surface area (TPSA) is 38.3 Å². The van der Waals surface area contributed by atoms with E-state index < -0.39 is 0 Å². The van der Waals surface area contributed by atoms with Crippen molar-refractivity contribution in [3.05, 3.63) is 34.9 Å². The number of hydrogen-bond donors (Lipinski definition) is 1. The summed E-state index contributed by atoms with van der Waals surface area (Å²) in [6.07, 6.45) is 3.81. The van der Waals surface area contributed by atoms with Gasteiger partial charge in [-0.2, -0.15) is 0 Å². The summed E-state index contributed by atoms with van der Waals surface area (Å²) < 4.78 is 5.39. The first-order chi connectivity index (χ1) is 9.20. The first-order valence-corrected chi connectivity index (χ1v) is 7.23. The van der Waals surface area contributed by atoms with Gasteiger partial charge >= 0.3 is 0 Å². The van der Waals surface area contributed by atoms with Gasteiger partial charge in [0, 0.05) is 23.6 Å². The summed E-state index contributed by atoms with van der Waals surface area (Å²) in [5.41, 5.74) is 1.33. The number of carbonyl (C=O) groups is 1. The molecule has 1 aromatic carbocycles. The molecular weight excluding hydrogens is 262 g/mol. The number of nitrogens with one attached hydrogen (secondary N) is 1. The zero-order valence-corrected chi connectivity index (χ0v) is 11.6. The van der Waals surface area contributed by atoms with Gasteiger partial charge in [-0.3, -0.25) is 4.79 Å². The van der Waals surface area contributed by atoms with Crippen LogP contribution in [-0.4, -0.2) is 25.2 Å². The molecule has 4 heteroatoms. The van der Waals surface area contributed by atoms with Crippen molar-refractivity contribution in [3.63, 3.8) is 0 Å². The summed E-state index contributed by atoms with van der Waals surface area (Å²) in [7, 11) is 0. The maximum atomic E-state index is 12.0. The SMILES string of the molecule is O=C(NCC1(c2cccc(Cl)c2)CC1)C1CCCO1. The van der Waals surface area contributed by atoms with E-state index in [4.69, 9.17) is 16.3 Å². The Labute approximate surface area is 118 Å². The second kappa shape index (κ2) is 5.14. The highest BCUT2D eigenvalue weighted by Gasteiger charge is 2.44. The van der Waals surface area contributed by atoms with Crippen molar-refractivity contribution in [2.24, 2.45) is 0 Å². The standard InChI is InChI=1S/C15H18ClNO2/c16-12-4-1-3-11(9-12)15(6-7-15)10-17-14(18)13-5-2-8-19-13/h1,3-4,9,13H,2,5-8,10H2,(H,17,18). The Hall–Kier alpha value is -1.06. The van der Waals surface area contributed by atoms with Crippen LogP contribution in [0.5, 0.6) is 0 Å². The van der Waals surface area contributed by atoms with Crippen LogP contribution in [0.25, 0.3) is 0 Å². The van der Waals surface area contributed by atoms with E-state index in [0.29, 0.717) is 13.2 Å². The summed E-state index contributed by atoms with van der Waals surface area (Å²) in [4.78, 5) is 12.0. The van der Waals surface area contributed by atoms with Gasteiger partial charge in [-0.25, -0.2) is 0 Å². The Bertz CT molecular complexity index is 479. The van der Waals surface area contributed by atoms with Crippen LogP contribution in [0.15, 0.2) is 24.3 Å². The molecule has 1 saturated heterocycles. The van der Waals surface area contributed by atoms with E-state index in [0.717, 1.165) is 30.7 Å². The third-order valence-electron chi connectivity index (χ3n) is 4.11. The Morgan fingerprint density at radius 2 is 2.32 bits per heavy atom. The molecule has 0 radical (unpaired) electrons. The number of amides is 1. The van der Waals surface area contributed by atoms with Gasteiger partial charge < -0.3 is 10.1 Å². The monoisotopic (exact) mass is 279 g/mol. The molecule has 102 valence electrons. The molecule has 0 aromatic heterocycles. The van der Waals surface area contributed by atoms with Gasteiger partial charge in [0.1, 0.15) is 6.10 Å². The van der Waals surface area contributed by atoms with Crippen molar-refractivity contribution in [1.29, 1.82) is 0 Å². The van der Waals surface area contributed by atoms with Crippen LogP contribution >= 0.6 is 11.6 Å². The predicted octanol–water partition coefficient (Wildman–Crippen LogP) is 2.67. The van der Waals surface area contributed by atoms with Crippen LogP contribution in [0, 0.1) is 0 Å². The number of hydrogen-bond acceptors (Lipinski definition) is 2. The van der Waals surface area contributed by atoms with Crippen molar-refractivity contribution >= 4 is 17.5 Å². The second-order valence-corrected chi connectivity index (χ2v) is 5.95. The van der Waals surface area contributed by atoms with Crippen LogP contribution in [0.2, 0.25) is 5.02 Å². The van der Waals surface area contributed by atoms with Gasteiger partial charge in [0.25, 0.3) is 0 Å². The molecule has 1 aliphatic heterocycles. The number of ether oxygens (including phenoxy) is 1. The molecule has 0 bridgehead atoms. The van der Waals surface area contributed by atoms with Crippen LogP contribution < -0.4 is 5.32 Å². The minimum absolute atomic E-state index is 0.0332. The molecule has 1 aromatic rings. The van der Waals surface area contributed by atoms with Crippen molar-refractivity contribution in [1.82, 2.24) is 5.32 Å². The van der Waals surface area contributed by atoms with Crippen LogP contribution in [-0.2, 0) is 14.9 Å². The third kappa shape index (κ3) is 2.77. The highest BCUT2D eigenvalue weighted by atomic mass is 35.5. The highest BCUT2D eigenvalue weighted by Crippen LogP contribution is 2.48. The van der Waals surface area contributed by atoms with Gasteiger partial charge in [0.05, 0.1) is 0 Å². The minimum atomic E-state index is -0.241. The lowest BCUT2D eigenvalue weighted by atomic mass is 9.96. The normalized spacial score (nSPS) is 24.2. The number of rotatable bonds is 4. The van der Waals surface area contributed by atoms with Crippen LogP contribution in [0.1, 0.15) is 31.2 Å². The molecule has 2 fully saturated rings. The average molecular weight is 280 g/mol. The minimum Gasteiger partial charge on any atom is -0.368 e. The Morgan fingerprint density at radius 1 is 1.47 bits per heavy atom. The third-order valence-corrected chi connectivity index (χ3v) is 4.35. The molecule has 1 atom stereocenters. The van der Waals surface area contributed by atoms with E-state index in [1.165, 1.54) is 5.56 Å². The Kier molecular flexibility index (Phi) is 3.50. The molecule has 1 N–H and O–H groups in total. The van der Waals surface area contributed by atoms with Gasteiger partial charge in [0.2, 0.25) is 5.91 Å². The van der Waals surface area contributed by atoms with Gasteiger partial charge in [-0.15, -0.1) is 0 Å². The fourth-order valence-corrected chi connectivity index (χ4v) is 2.88. The molecular formula is C15H18ClNO2. The molecule has 1 saturated carbocycles. The smallest absolute Gasteiger partial charge is 0.249 e. The maximum absolute atomic E-state index is 12.0. The molecule has 3 rings (SSSR count). The Balaban J connectivity index is 1.61. The molecule has 1 aliphatic carbocycles. The summed E-state index contributed by atoms with van der Waals surface area (Å²) in [6, 6.07) is 7.95. The van der Waals surface area contributed by atoms with Crippen LogP contribution in [0.4, 0.5) is 0 Å². The lowest BCUT2D eigenvalue weighted by Gasteiger charge is -2.18. The lowest BCUT2D eigenvalue weighted by molar-refractivity contribution is -0.130. The van der Waals surface area contributed by atoms with E-state index in [-0.39, 0.29) is 17.4 Å². The van der Waals surface area contributed by atoms with E-state index in [9.17, 15) is 4.79 Å². The molecule has 19 heavy (non-hydrogen) atoms. The number of benzene rings is 1. The van der Waals surface area contributed by atoms with Gasteiger partial charge in [0.15, 0.2) is 0 Å². The summed E-state index contributed by atoms with van der Waals surface area (Å²) in [5.74, 6) is 0.0332. The first kappa shape index (κ1) is 12.9. The maximum Gasteiger partial charge on any atom is 0.249 e. The average Bonchev–Trinajstić information content (AvgIpc) is 3.00. The number of carbonyl (C=O) groups excluding carboxylic acids is 1. The van der Waals surface area contributed by atoms with Crippen molar-refractivity contribution < 1.29 is 9.53 Å². The largest absolute Gasteiger partial charge is 0.368 e. The molecule has 3 nitrogen and oxygen atoms in total. The zero-order chi connectivity index (χ0) is 13.3. The Morgan fingerprint density at radius 3 is 2.95 bits per heavy atom. The zero-order valence-electron chi connectivity index (χ0n) is 10.8. The fourth-order valence-electron chi connectivity index (χ4n) is 2.69. The predicted molar refractivity (Wildman–Crippen MR) is 74.3 cm³/mol. The highest BCUT2D eigenvalue weighted by molar-refractivity contribution is 6.30. The van der Waals surface area contributed by atoms with E-state index in [1.54, 1.807) is 0 Å². The van der Waals surface area contributed by atoms with Gasteiger partial charge in [-0.05, 0) is 43.4 Å². The van der Waals surface area contributed by atoms with Crippen LogP contribution in [0.3, 0.4) is 0 Å². The summed E-state index contributed by atoms with van der Waals surface area (Å²) >= 11 is 6.04. The molecule has 1 unspecified atom stereocenters.